The number of rotatable bonds is 8. The minimum absolute atomic E-state index is 0.340. The molecule has 0 spiro atoms. The van der Waals surface area contributed by atoms with Gasteiger partial charge in [0.15, 0.2) is 5.11 Å². The van der Waals surface area contributed by atoms with Gasteiger partial charge in [0.05, 0.1) is 0 Å². The SMILES string of the molecule is CC(C)(C)CCN(CCN)CCNC(=S)Nc1ccc(N)cc1. The number of nitrogen functional groups attached to an aromatic ring is 1. The lowest BCUT2D eigenvalue weighted by Gasteiger charge is -2.26. The summed E-state index contributed by atoms with van der Waals surface area (Å²) in [6, 6.07) is 7.52. The van der Waals surface area contributed by atoms with Crippen LogP contribution >= 0.6 is 12.2 Å². The third kappa shape index (κ3) is 9.38. The molecule has 0 bridgehead atoms. The van der Waals surface area contributed by atoms with Gasteiger partial charge in [0.1, 0.15) is 0 Å². The van der Waals surface area contributed by atoms with Crippen LogP contribution in [0.5, 0.6) is 0 Å². The summed E-state index contributed by atoms with van der Waals surface area (Å²) in [5.74, 6) is 0. The van der Waals surface area contributed by atoms with Gasteiger partial charge in [-0.3, -0.25) is 0 Å². The normalized spacial score (nSPS) is 11.5. The molecular weight excluding hydrogens is 306 g/mol. The van der Waals surface area contributed by atoms with Crippen LogP contribution in [0.2, 0.25) is 0 Å². The summed E-state index contributed by atoms with van der Waals surface area (Å²) < 4.78 is 0. The third-order valence-corrected chi connectivity index (χ3v) is 3.75. The van der Waals surface area contributed by atoms with Crippen molar-refractivity contribution < 1.29 is 0 Å². The molecule has 0 aliphatic heterocycles. The van der Waals surface area contributed by atoms with Gasteiger partial charge in [0.25, 0.3) is 0 Å². The standard InChI is InChI=1S/C17H31N5S/c1-17(2,3)8-11-22(12-9-18)13-10-20-16(23)21-15-6-4-14(19)5-7-15/h4-7H,8-13,18-19H2,1-3H3,(H2,20,21,23). The van der Waals surface area contributed by atoms with E-state index in [4.69, 9.17) is 23.7 Å². The minimum Gasteiger partial charge on any atom is -0.399 e. The maximum absolute atomic E-state index is 5.70. The number of hydrogen-bond acceptors (Lipinski definition) is 4. The second-order valence-corrected chi connectivity index (χ2v) is 7.35. The van der Waals surface area contributed by atoms with Crippen LogP contribution in [-0.4, -0.2) is 42.7 Å². The van der Waals surface area contributed by atoms with Crippen molar-refractivity contribution in [2.24, 2.45) is 11.1 Å². The average molecular weight is 338 g/mol. The van der Waals surface area contributed by atoms with E-state index in [0.717, 1.165) is 44.0 Å². The third-order valence-electron chi connectivity index (χ3n) is 3.51. The topological polar surface area (TPSA) is 79.3 Å². The van der Waals surface area contributed by atoms with Gasteiger partial charge in [-0.1, -0.05) is 20.8 Å². The molecule has 0 aliphatic carbocycles. The van der Waals surface area contributed by atoms with Gasteiger partial charge in [0.2, 0.25) is 0 Å². The fourth-order valence-corrected chi connectivity index (χ4v) is 2.30. The Bertz CT molecular complexity index is 467. The van der Waals surface area contributed by atoms with Crippen molar-refractivity contribution in [2.45, 2.75) is 27.2 Å². The van der Waals surface area contributed by atoms with Crippen LogP contribution in [-0.2, 0) is 0 Å². The highest BCUT2D eigenvalue weighted by molar-refractivity contribution is 7.80. The highest BCUT2D eigenvalue weighted by atomic mass is 32.1. The van der Waals surface area contributed by atoms with Crippen molar-refractivity contribution in [1.82, 2.24) is 10.2 Å². The smallest absolute Gasteiger partial charge is 0.170 e. The molecule has 0 heterocycles. The van der Waals surface area contributed by atoms with E-state index in [-0.39, 0.29) is 0 Å². The van der Waals surface area contributed by atoms with E-state index in [9.17, 15) is 0 Å². The van der Waals surface area contributed by atoms with Crippen LogP contribution in [0.25, 0.3) is 0 Å². The number of thiocarbonyl (C=S) groups is 1. The molecule has 0 aliphatic rings. The summed E-state index contributed by atoms with van der Waals surface area (Å²) in [4.78, 5) is 2.38. The van der Waals surface area contributed by atoms with Gasteiger partial charge in [-0.05, 0) is 54.9 Å². The average Bonchev–Trinajstić information content (AvgIpc) is 2.46. The van der Waals surface area contributed by atoms with E-state index in [0.29, 0.717) is 17.1 Å². The molecule has 0 unspecified atom stereocenters. The number of nitrogens with zero attached hydrogens (tertiary/aromatic N) is 1. The number of hydrogen-bond donors (Lipinski definition) is 4. The number of nitrogens with two attached hydrogens (primary N) is 2. The van der Waals surface area contributed by atoms with Gasteiger partial charge < -0.3 is 27.0 Å². The maximum Gasteiger partial charge on any atom is 0.170 e. The van der Waals surface area contributed by atoms with Crippen molar-refractivity contribution in [2.75, 3.05) is 43.8 Å². The van der Waals surface area contributed by atoms with E-state index in [1.807, 2.05) is 24.3 Å². The summed E-state index contributed by atoms with van der Waals surface area (Å²) >= 11 is 5.31. The lowest BCUT2D eigenvalue weighted by molar-refractivity contribution is 0.235. The molecule has 1 aromatic carbocycles. The highest BCUT2D eigenvalue weighted by Crippen LogP contribution is 2.18. The van der Waals surface area contributed by atoms with E-state index < -0.39 is 0 Å². The largest absolute Gasteiger partial charge is 0.399 e. The molecule has 0 radical (unpaired) electrons. The molecule has 0 atom stereocenters. The molecule has 6 N–H and O–H groups in total. The Kier molecular flexibility index (Phi) is 8.30. The summed E-state index contributed by atoms with van der Waals surface area (Å²) in [6.45, 7) is 11.2. The Morgan fingerprint density at radius 3 is 2.35 bits per heavy atom. The Morgan fingerprint density at radius 1 is 1.13 bits per heavy atom. The Morgan fingerprint density at radius 2 is 1.78 bits per heavy atom. The lowest BCUT2D eigenvalue weighted by Crippen LogP contribution is -2.40. The molecule has 130 valence electrons. The van der Waals surface area contributed by atoms with Gasteiger partial charge in [-0.15, -0.1) is 0 Å². The number of nitrogens with one attached hydrogen (secondary N) is 2. The van der Waals surface area contributed by atoms with Crippen molar-refractivity contribution in [3.63, 3.8) is 0 Å². The molecular formula is C17H31N5S. The van der Waals surface area contributed by atoms with Crippen LogP contribution in [0.3, 0.4) is 0 Å². The molecule has 0 aromatic heterocycles. The predicted octanol–water partition coefficient (Wildman–Crippen LogP) is 2.25. The van der Waals surface area contributed by atoms with Crippen LogP contribution in [0, 0.1) is 5.41 Å². The molecule has 0 saturated heterocycles. The number of benzene rings is 1. The zero-order valence-electron chi connectivity index (χ0n) is 14.6. The molecule has 0 amide bonds. The fourth-order valence-electron chi connectivity index (χ4n) is 2.08. The maximum atomic E-state index is 5.70. The molecule has 0 saturated carbocycles. The first-order chi connectivity index (χ1) is 10.8. The van der Waals surface area contributed by atoms with Crippen LogP contribution in [0.15, 0.2) is 24.3 Å². The molecule has 5 nitrogen and oxygen atoms in total. The predicted molar refractivity (Wildman–Crippen MR) is 105 cm³/mol. The Balaban J connectivity index is 2.31. The second-order valence-electron chi connectivity index (χ2n) is 6.94. The second kappa shape index (κ2) is 9.70. The van der Waals surface area contributed by atoms with E-state index in [2.05, 4.69) is 36.3 Å². The summed E-state index contributed by atoms with van der Waals surface area (Å²) in [5.41, 5.74) is 13.4. The monoisotopic (exact) mass is 337 g/mol. The highest BCUT2D eigenvalue weighted by Gasteiger charge is 2.13. The van der Waals surface area contributed by atoms with Crippen LogP contribution in [0.1, 0.15) is 27.2 Å². The first-order valence-corrected chi connectivity index (χ1v) is 8.54. The Hall–Kier alpha value is -1.37. The molecule has 23 heavy (non-hydrogen) atoms. The van der Waals surface area contributed by atoms with Crippen LogP contribution < -0.4 is 22.1 Å². The number of anilines is 2. The fraction of sp³-hybridized carbons (Fsp3) is 0.588. The van der Waals surface area contributed by atoms with Crippen molar-refractivity contribution in [1.29, 1.82) is 0 Å². The first-order valence-electron chi connectivity index (χ1n) is 8.13. The van der Waals surface area contributed by atoms with E-state index in [1.54, 1.807) is 0 Å². The lowest BCUT2D eigenvalue weighted by atomic mass is 9.92. The summed E-state index contributed by atoms with van der Waals surface area (Å²) in [6.07, 6.45) is 1.15. The quantitative estimate of drug-likeness (QED) is 0.430. The summed E-state index contributed by atoms with van der Waals surface area (Å²) in [7, 11) is 0. The van der Waals surface area contributed by atoms with E-state index in [1.165, 1.54) is 0 Å². The summed E-state index contributed by atoms with van der Waals surface area (Å²) in [5, 5.41) is 7.01. The van der Waals surface area contributed by atoms with Crippen LogP contribution in [0.4, 0.5) is 11.4 Å². The molecule has 1 aromatic rings. The zero-order chi connectivity index (χ0) is 17.3. The molecule has 0 fully saturated rings. The zero-order valence-corrected chi connectivity index (χ0v) is 15.4. The van der Waals surface area contributed by atoms with Gasteiger partial charge in [-0.25, -0.2) is 0 Å². The molecule has 6 heteroatoms. The van der Waals surface area contributed by atoms with Crippen molar-refractivity contribution >= 4 is 28.7 Å². The molecule has 1 rings (SSSR count). The van der Waals surface area contributed by atoms with Crippen molar-refractivity contribution in [3.8, 4) is 0 Å². The van der Waals surface area contributed by atoms with E-state index >= 15 is 0 Å². The first kappa shape index (κ1) is 19.7. The van der Waals surface area contributed by atoms with Gasteiger partial charge in [-0.2, -0.15) is 0 Å². The Labute approximate surface area is 145 Å². The minimum atomic E-state index is 0.340. The van der Waals surface area contributed by atoms with Gasteiger partial charge >= 0.3 is 0 Å². The van der Waals surface area contributed by atoms with Crippen molar-refractivity contribution in [3.05, 3.63) is 24.3 Å². The van der Waals surface area contributed by atoms with Gasteiger partial charge in [0, 0.05) is 37.6 Å².